The first-order chi connectivity index (χ1) is 8.03. The molecule has 0 aromatic heterocycles. The van der Waals surface area contributed by atoms with Gasteiger partial charge in [0.1, 0.15) is 0 Å². The molecule has 100 valence electrons. The van der Waals surface area contributed by atoms with Gasteiger partial charge in [-0.25, -0.2) is 0 Å². The van der Waals surface area contributed by atoms with Gasteiger partial charge in [0, 0.05) is 13.5 Å². The van der Waals surface area contributed by atoms with Gasteiger partial charge >= 0.3 is 0 Å². The molecule has 0 unspecified atom stereocenters. The molecule has 0 spiro atoms. The van der Waals surface area contributed by atoms with Crippen molar-refractivity contribution in [1.29, 1.82) is 0 Å². The molecule has 0 radical (unpaired) electrons. The van der Waals surface area contributed by atoms with E-state index in [0.29, 0.717) is 18.9 Å². The summed E-state index contributed by atoms with van der Waals surface area (Å²) < 4.78 is 5.08. The van der Waals surface area contributed by atoms with Gasteiger partial charge in [0.25, 0.3) is 0 Å². The van der Waals surface area contributed by atoms with E-state index in [-0.39, 0.29) is 11.4 Å². The summed E-state index contributed by atoms with van der Waals surface area (Å²) in [6, 6.07) is 0. The third kappa shape index (κ3) is 6.03. The second-order valence-electron chi connectivity index (χ2n) is 5.60. The maximum atomic E-state index is 11.8. The fourth-order valence-electron chi connectivity index (χ4n) is 2.34. The van der Waals surface area contributed by atoms with Gasteiger partial charge in [0.2, 0.25) is 5.91 Å². The van der Waals surface area contributed by atoms with E-state index in [4.69, 9.17) is 4.74 Å². The Morgan fingerprint density at radius 2 is 2.06 bits per heavy atom. The van der Waals surface area contributed by atoms with Crippen molar-refractivity contribution in [3.63, 3.8) is 0 Å². The Morgan fingerprint density at radius 3 is 2.65 bits per heavy atom. The molecule has 0 bridgehead atoms. The first-order valence-corrected chi connectivity index (χ1v) is 6.54. The molecule has 0 aromatic rings. The number of piperidine rings is 1. The highest BCUT2D eigenvalue weighted by Gasteiger charge is 2.21. The fraction of sp³-hybridized carbons (Fsp3) is 0.923. The Kier molecular flexibility index (Phi) is 5.92. The highest BCUT2D eigenvalue weighted by molar-refractivity contribution is 5.76. The molecule has 0 saturated carbocycles. The lowest BCUT2D eigenvalue weighted by Crippen LogP contribution is -2.46. The fourth-order valence-corrected chi connectivity index (χ4v) is 2.34. The minimum Gasteiger partial charge on any atom is -0.382 e. The Labute approximate surface area is 104 Å². The number of carbonyl (C=O) groups excluding carboxylic acids is 1. The number of hydrogen-bond donors (Lipinski definition) is 2. The van der Waals surface area contributed by atoms with Crippen LogP contribution in [0.5, 0.6) is 0 Å². The third-order valence-electron chi connectivity index (χ3n) is 3.22. The monoisotopic (exact) mass is 242 g/mol. The number of amides is 1. The molecule has 2 N–H and O–H groups in total. The van der Waals surface area contributed by atoms with E-state index in [9.17, 15) is 4.79 Å². The summed E-state index contributed by atoms with van der Waals surface area (Å²) in [4.78, 5) is 11.8. The molecule has 1 amide bonds. The molecule has 1 aliphatic heterocycles. The molecule has 4 nitrogen and oxygen atoms in total. The summed E-state index contributed by atoms with van der Waals surface area (Å²) in [5, 5.41) is 6.36. The number of methoxy groups -OCH3 is 1. The molecule has 1 heterocycles. The van der Waals surface area contributed by atoms with Gasteiger partial charge in [-0.1, -0.05) is 0 Å². The normalized spacial score (nSPS) is 18.1. The average molecular weight is 242 g/mol. The molecule has 1 aliphatic rings. The van der Waals surface area contributed by atoms with Gasteiger partial charge in [-0.05, 0) is 52.1 Å². The zero-order chi connectivity index (χ0) is 12.7. The van der Waals surface area contributed by atoms with Crippen molar-refractivity contribution < 1.29 is 9.53 Å². The van der Waals surface area contributed by atoms with Crippen LogP contribution < -0.4 is 10.6 Å². The van der Waals surface area contributed by atoms with Crippen molar-refractivity contribution in [2.75, 3.05) is 26.8 Å². The Morgan fingerprint density at radius 1 is 1.41 bits per heavy atom. The topological polar surface area (TPSA) is 50.4 Å². The van der Waals surface area contributed by atoms with Crippen LogP contribution in [0.25, 0.3) is 0 Å². The number of hydrogen-bond acceptors (Lipinski definition) is 3. The predicted octanol–water partition coefficient (Wildman–Crippen LogP) is 1.31. The van der Waals surface area contributed by atoms with E-state index < -0.39 is 0 Å². The zero-order valence-corrected chi connectivity index (χ0v) is 11.3. The van der Waals surface area contributed by atoms with Crippen molar-refractivity contribution in [1.82, 2.24) is 10.6 Å². The minimum atomic E-state index is -0.264. The summed E-state index contributed by atoms with van der Waals surface area (Å²) in [5.41, 5.74) is -0.264. The number of rotatable bonds is 6. The van der Waals surface area contributed by atoms with Gasteiger partial charge in [-0.3, -0.25) is 4.79 Å². The maximum absolute atomic E-state index is 11.8. The van der Waals surface area contributed by atoms with E-state index in [1.807, 2.05) is 13.8 Å². The Hall–Kier alpha value is -0.610. The molecule has 0 aliphatic carbocycles. The lowest BCUT2D eigenvalue weighted by molar-refractivity contribution is -0.123. The quantitative estimate of drug-likeness (QED) is 0.738. The third-order valence-corrected chi connectivity index (χ3v) is 3.22. The molecule has 1 fully saturated rings. The van der Waals surface area contributed by atoms with Crippen LogP contribution in [-0.4, -0.2) is 38.3 Å². The van der Waals surface area contributed by atoms with Crippen LogP contribution in [0.2, 0.25) is 0 Å². The van der Waals surface area contributed by atoms with Gasteiger partial charge in [0.15, 0.2) is 0 Å². The second kappa shape index (κ2) is 6.97. The van der Waals surface area contributed by atoms with Crippen molar-refractivity contribution in [3.8, 4) is 0 Å². The summed E-state index contributed by atoms with van der Waals surface area (Å²) in [6.07, 6.45) is 4.05. The average Bonchev–Trinajstić information content (AvgIpc) is 2.27. The van der Waals surface area contributed by atoms with Gasteiger partial charge in [-0.2, -0.15) is 0 Å². The number of nitrogens with one attached hydrogen (secondary N) is 2. The van der Waals surface area contributed by atoms with Crippen LogP contribution in [-0.2, 0) is 9.53 Å². The first kappa shape index (κ1) is 14.5. The molecular weight excluding hydrogens is 216 g/mol. The Balaban J connectivity index is 2.20. The smallest absolute Gasteiger partial charge is 0.220 e. The summed E-state index contributed by atoms with van der Waals surface area (Å²) in [5.74, 6) is 0.859. The molecule has 4 heteroatoms. The van der Waals surface area contributed by atoms with Crippen molar-refractivity contribution in [2.24, 2.45) is 5.92 Å². The van der Waals surface area contributed by atoms with Crippen LogP contribution in [0.1, 0.15) is 39.5 Å². The molecule has 17 heavy (non-hydrogen) atoms. The van der Waals surface area contributed by atoms with E-state index >= 15 is 0 Å². The first-order valence-electron chi connectivity index (χ1n) is 6.54. The van der Waals surface area contributed by atoms with E-state index in [0.717, 1.165) is 19.5 Å². The van der Waals surface area contributed by atoms with Crippen molar-refractivity contribution in [2.45, 2.75) is 45.1 Å². The van der Waals surface area contributed by atoms with Crippen LogP contribution in [0, 0.1) is 5.92 Å². The molecule has 1 rings (SSSR count). The largest absolute Gasteiger partial charge is 0.382 e. The molecule has 0 atom stereocenters. The minimum absolute atomic E-state index is 0.144. The SMILES string of the molecule is COCC(C)(C)NC(=O)CCC1CCNCC1. The van der Waals surface area contributed by atoms with Crippen LogP contribution >= 0.6 is 0 Å². The number of carbonyl (C=O) groups is 1. The van der Waals surface area contributed by atoms with Crippen LogP contribution in [0.3, 0.4) is 0 Å². The van der Waals surface area contributed by atoms with Gasteiger partial charge in [0.05, 0.1) is 12.1 Å². The lowest BCUT2D eigenvalue weighted by atomic mass is 9.93. The zero-order valence-electron chi connectivity index (χ0n) is 11.3. The van der Waals surface area contributed by atoms with Crippen LogP contribution in [0.15, 0.2) is 0 Å². The standard InChI is InChI=1S/C13H26N2O2/c1-13(2,10-17-3)15-12(16)5-4-11-6-8-14-9-7-11/h11,14H,4-10H2,1-3H3,(H,15,16). The second-order valence-corrected chi connectivity index (χ2v) is 5.60. The summed E-state index contributed by atoms with van der Waals surface area (Å²) >= 11 is 0. The van der Waals surface area contributed by atoms with Crippen molar-refractivity contribution in [3.05, 3.63) is 0 Å². The highest BCUT2D eigenvalue weighted by Crippen LogP contribution is 2.17. The predicted molar refractivity (Wildman–Crippen MR) is 68.9 cm³/mol. The molecular formula is C13H26N2O2. The highest BCUT2D eigenvalue weighted by atomic mass is 16.5. The Bertz CT molecular complexity index is 236. The van der Waals surface area contributed by atoms with Gasteiger partial charge < -0.3 is 15.4 Å². The summed E-state index contributed by atoms with van der Waals surface area (Å²) in [7, 11) is 1.66. The van der Waals surface area contributed by atoms with Crippen molar-refractivity contribution >= 4 is 5.91 Å². The lowest BCUT2D eigenvalue weighted by Gasteiger charge is -2.26. The van der Waals surface area contributed by atoms with E-state index in [2.05, 4.69) is 10.6 Å². The van der Waals surface area contributed by atoms with E-state index in [1.165, 1.54) is 12.8 Å². The van der Waals surface area contributed by atoms with Gasteiger partial charge in [-0.15, -0.1) is 0 Å². The summed E-state index contributed by atoms with van der Waals surface area (Å²) in [6.45, 7) is 6.72. The molecule has 1 saturated heterocycles. The van der Waals surface area contributed by atoms with E-state index in [1.54, 1.807) is 7.11 Å². The molecule has 0 aromatic carbocycles. The van der Waals surface area contributed by atoms with Crippen LogP contribution in [0.4, 0.5) is 0 Å². The maximum Gasteiger partial charge on any atom is 0.220 e. The number of ether oxygens (including phenoxy) is 1.